The van der Waals surface area contributed by atoms with Crippen LogP contribution >= 0.6 is 0 Å². The summed E-state index contributed by atoms with van der Waals surface area (Å²) in [5.41, 5.74) is 0.213. The van der Waals surface area contributed by atoms with E-state index in [1.807, 2.05) is 13.8 Å². The molecule has 0 aromatic carbocycles. The molecule has 1 saturated carbocycles. The first kappa shape index (κ1) is 15.7. The summed E-state index contributed by atoms with van der Waals surface area (Å²) < 4.78 is 0. The van der Waals surface area contributed by atoms with Gasteiger partial charge in [-0.2, -0.15) is 0 Å². The summed E-state index contributed by atoms with van der Waals surface area (Å²) in [4.78, 5) is 23.4. The molecule has 1 aliphatic rings. The van der Waals surface area contributed by atoms with Gasteiger partial charge in [0.2, 0.25) is 5.91 Å². The molecule has 0 saturated heterocycles. The molecule has 0 radical (unpaired) electrons. The Balaban J connectivity index is 2.54. The average molecular weight is 267 g/mol. The lowest BCUT2D eigenvalue weighted by molar-refractivity contribution is -0.151. The fourth-order valence-electron chi connectivity index (χ4n) is 2.74. The fourth-order valence-corrected chi connectivity index (χ4v) is 2.74. The van der Waals surface area contributed by atoms with E-state index >= 15 is 0 Å². The third kappa shape index (κ3) is 4.37. The topological polar surface area (TPSA) is 66.4 Å². The predicted octanol–water partition coefficient (Wildman–Crippen LogP) is 2.74. The molecule has 1 aliphatic carbocycles. The van der Waals surface area contributed by atoms with E-state index in [1.165, 1.54) is 0 Å². The number of hydrogen-bond donors (Lipinski definition) is 2. The first-order valence-electron chi connectivity index (χ1n) is 7.03. The molecule has 0 spiro atoms. The summed E-state index contributed by atoms with van der Waals surface area (Å²) in [6.07, 6.45) is 4.93. The van der Waals surface area contributed by atoms with Gasteiger partial charge in [-0.1, -0.05) is 31.8 Å². The third-order valence-corrected chi connectivity index (χ3v) is 3.97. The number of rotatable bonds is 6. The van der Waals surface area contributed by atoms with E-state index in [9.17, 15) is 14.7 Å². The van der Waals surface area contributed by atoms with E-state index in [4.69, 9.17) is 0 Å². The molecule has 1 amide bonds. The lowest BCUT2D eigenvalue weighted by Crippen LogP contribution is -2.45. The highest BCUT2D eigenvalue weighted by Crippen LogP contribution is 2.36. The Kier molecular flexibility index (Phi) is 5.58. The summed E-state index contributed by atoms with van der Waals surface area (Å²) in [5.74, 6) is -0.999. The van der Waals surface area contributed by atoms with Gasteiger partial charge in [0.05, 0.1) is 5.41 Å². The summed E-state index contributed by atoms with van der Waals surface area (Å²) in [7, 11) is 0. The van der Waals surface area contributed by atoms with Crippen molar-refractivity contribution in [2.75, 3.05) is 6.54 Å². The molecule has 2 N–H and O–H groups in total. The molecule has 0 heterocycles. The molecule has 1 rings (SSSR count). The van der Waals surface area contributed by atoms with Gasteiger partial charge in [-0.25, -0.2) is 0 Å². The monoisotopic (exact) mass is 267 g/mol. The Morgan fingerprint density at radius 1 is 1.32 bits per heavy atom. The minimum atomic E-state index is -0.778. The molecule has 4 nitrogen and oxygen atoms in total. The highest BCUT2D eigenvalue weighted by atomic mass is 16.4. The van der Waals surface area contributed by atoms with Gasteiger partial charge in [-0.3, -0.25) is 9.59 Å². The van der Waals surface area contributed by atoms with Crippen LogP contribution in [0.4, 0.5) is 0 Å². The summed E-state index contributed by atoms with van der Waals surface area (Å²) >= 11 is 0. The van der Waals surface area contributed by atoms with Gasteiger partial charge in [0, 0.05) is 12.5 Å². The molecular formula is C15H25NO3. The predicted molar refractivity (Wildman–Crippen MR) is 74.8 cm³/mol. The smallest absolute Gasteiger partial charge is 0.311 e. The second-order valence-electron chi connectivity index (χ2n) is 5.93. The number of amides is 1. The van der Waals surface area contributed by atoms with Crippen LogP contribution in [0.2, 0.25) is 0 Å². The van der Waals surface area contributed by atoms with E-state index in [1.54, 1.807) is 0 Å². The van der Waals surface area contributed by atoms with Gasteiger partial charge < -0.3 is 10.4 Å². The number of hydrogen-bond acceptors (Lipinski definition) is 2. The molecule has 1 unspecified atom stereocenters. The highest BCUT2D eigenvalue weighted by molar-refractivity contribution is 5.80. The van der Waals surface area contributed by atoms with Crippen LogP contribution in [0, 0.1) is 11.3 Å². The normalized spacial score (nSPS) is 19.5. The van der Waals surface area contributed by atoms with Crippen LogP contribution < -0.4 is 5.32 Å². The number of nitrogens with one attached hydrogen (secondary N) is 1. The maximum atomic E-state index is 11.9. The van der Waals surface area contributed by atoms with Crippen molar-refractivity contribution in [2.24, 2.45) is 11.3 Å². The molecule has 0 aromatic rings. The van der Waals surface area contributed by atoms with Gasteiger partial charge >= 0.3 is 5.97 Å². The summed E-state index contributed by atoms with van der Waals surface area (Å²) in [5, 5.41) is 12.2. The Bertz CT molecular complexity index is 356. The Morgan fingerprint density at radius 2 is 1.89 bits per heavy atom. The van der Waals surface area contributed by atoms with Gasteiger partial charge in [0.1, 0.15) is 0 Å². The lowest BCUT2D eigenvalue weighted by atomic mass is 9.74. The van der Waals surface area contributed by atoms with Crippen molar-refractivity contribution >= 4 is 11.9 Å². The van der Waals surface area contributed by atoms with Crippen LogP contribution in [-0.4, -0.2) is 23.5 Å². The maximum Gasteiger partial charge on any atom is 0.311 e. The lowest BCUT2D eigenvalue weighted by Gasteiger charge is -2.33. The molecule has 1 atom stereocenters. The Labute approximate surface area is 115 Å². The zero-order chi connectivity index (χ0) is 14.5. The van der Waals surface area contributed by atoms with Crippen molar-refractivity contribution in [1.82, 2.24) is 5.32 Å². The van der Waals surface area contributed by atoms with Crippen LogP contribution in [0.15, 0.2) is 12.2 Å². The molecule has 0 aromatic heterocycles. The summed E-state index contributed by atoms with van der Waals surface area (Å²) in [6.45, 7) is 7.78. The zero-order valence-electron chi connectivity index (χ0n) is 12.0. The molecule has 108 valence electrons. The Morgan fingerprint density at radius 3 is 2.37 bits per heavy atom. The van der Waals surface area contributed by atoms with Crippen molar-refractivity contribution in [3.63, 3.8) is 0 Å². The van der Waals surface area contributed by atoms with E-state index < -0.39 is 11.4 Å². The van der Waals surface area contributed by atoms with Gasteiger partial charge in [0.15, 0.2) is 0 Å². The van der Waals surface area contributed by atoms with E-state index in [0.717, 1.165) is 24.8 Å². The van der Waals surface area contributed by atoms with Crippen LogP contribution in [0.25, 0.3) is 0 Å². The molecular weight excluding hydrogens is 242 g/mol. The first-order chi connectivity index (χ1) is 8.87. The SMILES string of the molecule is C=C(C)CC(C)C(=O)NCC1(C(=O)O)CCCCC1. The maximum absolute atomic E-state index is 11.9. The fraction of sp³-hybridized carbons (Fsp3) is 0.733. The average Bonchev–Trinajstić information content (AvgIpc) is 2.36. The molecule has 1 fully saturated rings. The van der Waals surface area contributed by atoms with E-state index in [0.29, 0.717) is 19.3 Å². The standard InChI is InChI=1S/C15H25NO3/c1-11(2)9-12(3)13(17)16-10-15(14(18)19)7-5-4-6-8-15/h12H,1,4-10H2,2-3H3,(H,16,17)(H,18,19). The van der Waals surface area contributed by atoms with E-state index in [-0.39, 0.29) is 18.4 Å². The second kappa shape index (κ2) is 6.73. The van der Waals surface area contributed by atoms with Crippen LogP contribution in [0.1, 0.15) is 52.4 Å². The number of carbonyl (C=O) groups is 2. The molecule has 0 bridgehead atoms. The van der Waals surface area contributed by atoms with Gasteiger partial charge in [-0.15, -0.1) is 6.58 Å². The Hall–Kier alpha value is -1.32. The van der Waals surface area contributed by atoms with Crippen molar-refractivity contribution < 1.29 is 14.7 Å². The number of aliphatic carboxylic acids is 1. The van der Waals surface area contributed by atoms with Crippen molar-refractivity contribution in [3.8, 4) is 0 Å². The number of carbonyl (C=O) groups excluding carboxylic acids is 1. The largest absolute Gasteiger partial charge is 0.481 e. The highest BCUT2D eigenvalue weighted by Gasteiger charge is 2.39. The van der Waals surface area contributed by atoms with Crippen molar-refractivity contribution in [3.05, 3.63) is 12.2 Å². The number of carboxylic acids is 1. The van der Waals surface area contributed by atoms with Crippen LogP contribution in [-0.2, 0) is 9.59 Å². The second-order valence-corrected chi connectivity index (χ2v) is 5.93. The van der Waals surface area contributed by atoms with Crippen molar-refractivity contribution in [2.45, 2.75) is 52.4 Å². The quantitative estimate of drug-likeness (QED) is 0.727. The molecule has 0 aliphatic heterocycles. The minimum Gasteiger partial charge on any atom is -0.481 e. The zero-order valence-corrected chi connectivity index (χ0v) is 12.0. The van der Waals surface area contributed by atoms with Crippen molar-refractivity contribution in [1.29, 1.82) is 0 Å². The summed E-state index contributed by atoms with van der Waals surface area (Å²) in [6, 6.07) is 0. The molecule has 19 heavy (non-hydrogen) atoms. The van der Waals surface area contributed by atoms with E-state index in [2.05, 4.69) is 11.9 Å². The minimum absolute atomic E-state index is 0.0748. The number of carboxylic acid groups (broad SMARTS) is 1. The number of allylic oxidation sites excluding steroid dienone is 1. The molecule has 4 heteroatoms. The van der Waals surface area contributed by atoms with Crippen LogP contribution in [0.5, 0.6) is 0 Å². The van der Waals surface area contributed by atoms with Crippen LogP contribution in [0.3, 0.4) is 0 Å². The first-order valence-corrected chi connectivity index (χ1v) is 7.03. The van der Waals surface area contributed by atoms with Gasteiger partial charge in [0.25, 0.3) is 0 Å². The van der Waals surface area contributed by atoms with Gasteiger partial charge in [-0.05, 0) is 26.2 Å². The third-order valence-electron chi connectivity index (χ3n) is 3.97.